The van der Waals surface area contributed by atoms with Gasteiger partial charge in [0.25, 0.3) is 0 Å². The highest BCUT2D eigenvalue weighted by Gasteiger charge is 2.50. The molecule has 19 heavy (non-hydrogen) atoms. The Morgan fingerprint density at radius 3 is 2.79 bits per heavy atom. The maximum Gasteiger partial charge on any atom is 0.0672 e. The van der Waals surface area contributed by atoms with Crippen LogP contribution in [-0.2, 0) is 4.74 Å². The van der Waals surface area contributed by atoms with Crippen LogP contribution >= 0.6 is 11.8 Å². The van der Waals surface area contributed by atoms with Crippen LogP contribution in [-0.4, -0.2) is 37.8 Å². The van der Waals surface area contributed by atoms with E-state index in [9.17, 15) is 0 Å². The van der Waals surface area contributed by atoms with Crippen LogP contribution in [0.15, 0.2) is 0 Å². The van der Waals surface area contributed by atoms with Gasteiger partial charge in [-0.3, -0.25) is 0 Å². The van der Waals surface area contributed by atoms with Crippen LogP contribution in [0.2, 0.25) is 0 Å². The summed E-state index contributed by atoms with van der Waals surface area (Å²) in [7, 11) is 0. The maximum absolute atomic E-state index is 6.13. The minimum atomic E-state index is 0.436. The Labute approximate surface area is 123 Å². The lowest BCUT2D eigenvalue weighted by molar-refractivity contribution is 0.0261. The molecule has 1 N–H and O–H groups in total. The standard InChI is InChI=1S/C16H31NOS/c1-13(2)11-17-12-16(7-4-10-19-3)8-9-18-15(16)14-5-6-14/h13-15,17H,4-12H2,1-3H3. The smallest absolute Gasteiger partial charge is 0.0672 e. The molecule has 0 aromatic rings. The fraction of sp³-hybridized carbons (Fsp3) is 1.00. The third-order valence-electron chi connectivity index (χ3n) is 4.60. The number of hydrogen-bond donors (Lipinski definition) is 1. The fourth-order valence-electron chi connectivity index (χ4n) is 3.47. The third kappa shape index (κ3) is 4.37. The van der Waals surface area contributed by atoms with Crippen molar-refractivity contribution in [2.45, 2.75) is 52.1 Å². The van der Waals surface area contributed by atoms with E-state index >= 15 is 0 Å². The first kappa shape index (κ1) is 15.7. The first-order valence-corrected chi connectivity index (χ1v) is 9.38. The average Bonchev–Trinajstić information content (AvgIpc) is 3.12. The lowest BCUT2D eigenvalue weighted by atomic mass is 9.75. The summed E-state index contributed by atoms with van der Waals surface area (Å²) in [5.41, 5.74) is 0.436. The summed E-state index contributed by atoms with van der Waals surface area (Å²) in [6.07, 6.45) is 9.53. The molecule has 2 nitrogen and oxygen atoms in total. The lowest BCUT2D eigenvalue weighted by Gasteiger charge is -2.35. The van der Waals surface area contributed by atoms with E-state index in [1.807, 2.05) is 11.8 Å². The van der Waals surface area contributed by atoms with Gasteiger partial charge in [-0.05, 0) is 62.5 Å². The van der Waals surface area contributed by atoms with Crippen LogP contribution in [0.1, 0.15) is 46.0 Å². The summed E-state index contributed by atoms with van der Waals surface area (Å²) < 4.78 is 6.13. The van der Waals surface area contributed by atoms with Crippen LogP contribution in [0.25, 0.3) is 0 Å². The van der Waals surface area contributed by atoms with Crippen molar-refractivity contribution in [3.05, 3.63) is 0 Å². The summed E-state index contributed by atoms with van der Waals surface area (Å²) in [6.45, 7) is 7.88. The van der Waals surface area contributed by atoms with Crippen molar-refractivity contribution >= 4 is 11.8 Å². The topological polar surface area (TPSA) is 21.3 Å². The Hall–Kier alpha value is 0.270. The van der Waals surface area contributed by atoms with Gasteiger partial charge in [0, 0.05) is 18.6 Å². The zero-order valence-corrected chi connectivity index (χ0v) is 13.7. The second kappa shape index (κ2) is 7.33. The van der Waals surface area contributed by atoms with Gasteiger partial charge in [-0.1, -0.05) is 13.8 Å². The predicted molar refractivity (Wildman–Crippen MR) is 84.8 cm³/mol. The molecule has 2 rings (SSSR count). The van der Waals surface area contributed by atoms with Crippen LogP contribution < -0.4 is 5.32 Å². The molecular weight excluding hydrogens is 254 g/mol. The zero-order valence-electron chi connectivity index (χ0n) is 12.9. The third-order valence-corrected chi connectivity index (χ3v) is 5.30. The van der Waals surface area contributed by atoms with Crippen molar-refractivity contribution in [3.8, 4) is 0 Å². The number of nitrogens with one attached hydrogen (secondary N) is 1. The van der Waals surface area contributed by atoms with Crippen molar-refractivity contribution < 1.29 is 4.74 Å². The van der Waals surface area contributed by atoms with E-state index in [4.69, 9.17) is 4.74 Å². The second-order valence-corrected chi connectivity index (χ2v) is 7.85. The van der Waals surface area contributed by atoms with Gasteiger partial charge in [0.15, 0.2) is 0 Å². The van der Waals surface area contributed by atoms with Crippen molar-refractivity contribution in [2.75, 3.05) is 31.7 Å². The van der Waals surface area contributed by atoms with E-state index in [0.717, 1.165) is 25.0 Å². The van der Waals surface area contributed by atoms with Crippen LogP contribution in [0.4, 0.5) is 0 Å². The van der Waals surface area contributed by atoms with Crippen LogP contribution in [0.3, 0.4) is 0 Å². The molecule has 1 aliphatic carbocycles. The van der Waals surface area contributed by atoms with Gasteiger partial charge < -0.3 is 10.1 Å². The Balaban J connectivity index is 1.90. The van der Waals surface area contributed by atoms with Gasteiger partial charge in [-0.15, -0.1) is 0 Å². The second-order valence-electron chi connectivity index (χ2n) is 6.86. The van der Waals surface area contributed by atoms with Gasteiger partial charge in [0.2, 0.25) is 0 Å². The highest BCUT2D eigenvalue weighted by atomic mass is 32.2. The van der Waals surface area contributed by atoms with Gasteiger partial charge in [0.05, 0.1) is 6.10 Å². The molecular formula is C16H31NOS. The summed E-state index contributed by atoms with van der Waals surface area (Å²) in [5.74, 6) is 2.91. The van der Waals surface area contributed by atoms with Gasteiger partial charge in [-0.25, -0.2) is 0 Å². The van der Waals surface area contributed by atoms with E-state index in [1.54, 1.807) is 0 Å². The molecule has 1 saturated heterocycles. The molecule has 0 bridgehead atoms. The predicted octanol–water partition coefficient (Wildman–Crippen LogP) is 3.56. The van der Waals surface area contributed by atoms with Crippen LogP contribution in [0, 0.1) is 17.3 Å². The van der Waals surface area contributed by atoms with Gasteiger partial charge in [0.1, 0.15) is 0 Å². The number of thioether (sulfide) groups is 1. The molecule has 2 unspecified atom stereocenters. The van der Waals surface area contributed by atoms with E-state index in [0.29, 0.717) is 11.5 Å². The van der Waals surface area contributed by atoms with Crippen molar-refractivity contribution in [1.29, 1.82) is 0 Å². The lowest BCUT2D eigenvalue weighted by Crippen LogP contribution is -2.43. The molecule has 1 saturated carbocycles. The quantitative estimate of drug-likeness (QED) is 0.655. The molecule has 2 aliphatic rings. The monoisotopic (exact) mass is 285 g/mol. The first-order chi connectivity index (χ1) is 9.18. The normalized spacial score (nSPS) is 31.3. The zero-order chi connectivity index (χ0) is 13.7. The molecule has 0 aromatic carbocycles. The molecule has 0 aromatic heterocycles. The summed E-state index contributed by atoms with van der Waals surface area (Å²) >= 11 is 1.98. The molecule has 112 valence electrons. The molecule has 3 heteroatoms. The van der Waals surface area contributed by atoms with E-state index < -0.39 is 0 Å². The molecule has 1 heterocycles. The highest BCUT2D eigenvalue weighted by Crippen LogP contribution is 2.49. The maximum atomic E-state index is 6.13. The minimum Gasteiger partial charge on any atom is -0.377 e. The number of rotatable bonds is 9. The van der Waals surface area contributed by atoms with Crippen molar-refractivity contribution in [1.82, 2.24) is 5.32 Å². The summed E-state index contributed by atoms with van der Waals surface area (Å²) in [6, 6.07) is 0. The summed E-state index contributed by atoms with van der Waals surface area (Å²) in [5, 5.41) is 3.72. The number of hydrogen-bond acceptors (Lipinski definition) is 3. The SMILES string of the molecule is CSCCCC1(CNCC(C)C)CCOC1C1CC1. The van der Waals surface area contributed by atoms with E-state index in [1.165, 1.54) is 44.4 Å². The molecule has 1 aliphatic heterocycles. The molecule has 0 amide bonds. The van der Waals surface area contributed by atoms with E-state index in [2.05, 4.69) is 25.4 Å². The Kier molecular flexibility index (Phi) is 6.04. The minimum absolute atomic E-state index is 0.436. The van der Waals surface area contributed by atoms with Crippen molar-refractivity contribution in [2.24, 2.45) is 17.3 Å². The first-order valence-electron chi connectivity index (χ1n) is 7.99. The highest BCUT2D eigenvalue weighted by molar-refractivity contribution is 7.98. The Morgan fingerprint density at radius 2 is 2.16 bits per heavy atom. The average molecular weight is 285 g/mol. The fourth-order valence-corrected chi connectivity index (χ4v) is 3.90. The largest absolute Gasteiger partial charge is 0.377 e. The molecule has 0 radical (unpaired) electrons. The molecule has 2 atom stereocenters. The van der Waals surface area contributed by atoms with E-state index in [-0.39, 0.29) is 0 Å². The molecule has 2 fully saturated rings. The number of ether oxygens (including phenoxy) is 1. The Bertz CT molecular complexity index is 267. The Morgan fingerprint density at radius 1 is 1.37 bits per heavy atom. The molecule has 0 spiro atoms. The summed E-state index contributed by atoms with van der Waals surface area (Å²) in [4.78, 5) is 0. The van der Waals surface area contributed by atoms with Crippen molar-refractivity contribution in [3.63, 3.8) is 0 Å². The van der Waals surface area contributed by atoms with Crippen LogP contribution in [0.5, 0.6) is 0 Å². The van der Waals surface area contributed by atoms with Gasteiger partial charge >= 0.3 is 0 Å². The van der Waals surface area contributed by atoms with Gasteiger partial charge in [-0.2, -0.15) is 11.8 Å².